The molecule has 2 N–H and O–H groups in total. The van der Waals surface area contributed by atoms with Gasteiger partial charge in [0.05, 0.1) is 37.6 Å². The molecule has 2 aliphatic rings. The van der Waals surface area contributed by atoms with Crippen LogP contribution in [0.2, 0.25) is 18.1 Å². The lowest BCUT2D eigenvalue weighted by atomic mass is 9.79. The van der Waals surface area contributed by atoms with Gasteiger partial charge in [-0.2, -0.15) is 0 Å². The number of benzene rings is 3. The number of carboxylic acid groups (broad SMARTS) is 1. The Labute approximate surface area is 338 Å². The maximum absolute atomic E-state index is 11.7. The molecule has 2 aliphatic heterocycles. The van der Waals surface area contributed by atoms with Crippen LogP contribution in [0.3, 0.4) is 0 Å². The topological polar surface area (TPSA) is 140 Å². The number of hydrogen-bond acceptors (Lipinski definition) is 11. The van der Waals surface area contributed by atoms with Gasteiger partial charge in [0.2, 0.25) is 0 Å². The minimum absolute atomic E-state index is 0.0224. The van der Waals surface area contributed by atoms with Crippen molar-refractivity contribution >= 4 is 41.8 Å². The zero-order valence-electron chi connectivity index (χ0n) is 33.8. The van der Waals surface area contributed by atoms with Gasteiger partial charge in [0.25, 0.3) is 0 Å². The summed E-state index contributed by atoms with van der Waals surface area (Å²) in [5, 5.41) is 13.8. The van der Waals surface area contributed by atoms with Crippen LogP contribution < -0.4 is 14.8 Å². The van der Waals surface area contributed by atoms with Crippen molar-refractivity contribution in [3.05, 3.63) is 113 Å². The number of thiophene rings is 1. The van der Waals surface area contributed by atoms with Crippen LogP contribution >= 0.6 is 11.3 Å². The highest BCUT2D eigenvalue weighted by atomic mass is 32.1. The summed E-state index contributed by atoms with van der Waals surface area (Å²) in [6.45, 7) is 15.0. The molecule has 302 valence electrons. The normalized spacial score (nSPS) is 22.0. The van der Waals surface area contributed by atoms with Gasteiger partial charge < -0.3 is 38.0 Å². The van der Waals surface area contributed by atoms with Gasteiger partial charge in [0.15, 0.2) is 19.9 Å². The second-order valence-corrected chi connectivity index (χ2v) is 22.2. The monoisotopic (exact) mass is 813 g/mol. The number of hydrogen-bond donors (Lipinski definition) is 2. The van der Waals surface area contributed by atoms with Crippen LogP contribution in [0.5, 0.6) is 11.5 Å². The first-order chi connectivity index (χ1) is 27.0. The molecule has 5 aromatic rings. The second kappa shape index (κ2) is 15.4. The summed E-state index contributed by atoms with van der Waals surface area (Å²) in [5.41, 5.74) is 1.57. The molecule has 4 heterocycles. The molecule has 3 aromatic carbocycles. The highest BCUT2D eigenvalue weighted by molar-refractivity contribution is 7.18. The fourth-order valence-corrected chi connectivity index (χ4v) is 9.43. The van der Waals surface area contributed by atoms with Gasteiger partial charge in [-0.05, 0) is 78.3 Å². The van der Waals surface area contributed by atoms with Crippen LogP contribution in [0, 0.1) is 0 Å². The van der Waals surface area contributed by atoms with Gasteiger partial charge in [0, 0.05) is 5.56 Å². The molecule has 2 fully saturated rings. The lowest BCUT2D eigenvalue weighted by Gasteiger charge is -2.43. The van der Waals surface area contributed by atoms with E-state index < -0.39 is 49.7 Å². The van der Waals surface area contributed by atoms with Gasteiger partial charge in [-0.1, -0.05) is 75.4 Å². The average Bonchev–Trinajstić information content (AvgIpc) is 3.85. The Hall–Kier alpha value is -4.41. The summed E-state index contributed by atoms with van der Waals surface area (Å²) in [4.78, 5) is 20.5. The van der Waals surface area contributed by atoms with Gasteiger partial charge in [0.1, 0.15) is 47.3 Å². The number of ether oxygens (including phenoxy) is 6. The van der Waals surface area contributed by atoms with E-state index in [1.54, 1.807) is 14.2 Å². The molecular weight excluding hydrogens is 763 g/mol. The first-order valence-electron chi connectivity index (χ1n) is 18.9. The first kappa shape index (κ1) is 40.8. The van der Waals surface area contributed by atoms with E-state index in [-0.39, 0.29) is 24.1 Å². The van der Waals surface area contributed by atoms with Crippen molar-refractivity contribution in [1.82, 2.24) is 9.97 Å². The smallest absolute Gasteiger partial charge is 0.410 e. The number of anilines is 1. The minimum Gasteiger partial charge on any atom is -0.497 e. The highest BCUT2D eigenvalue weighted by Crippen LogP contribution is 2.54. The van der Waals surface area contributed by atoms with Crippen molar-refractivity contribution in [2.75, 3.05) is 32.8 Å². The van der Waals surface area contributed by atoms with Crippen molar-refractivity contribution in [3.8, 4) is 11.5 Å². The van der Waals surface area contributed by atoms with Gasteiger partial charge in [-0.15, -0.1) is 11.3 Å². The van der Waals surface area contributed by atoms with E-state index in [2.05, 4.69) is 61.3 Å². The third-order valence-corrected chi connectivity index (χ3v) is 16.9. The average molecular weight is 814 g/mol. The van der Waals surface area contributed by atoms with Crippen LogP contribution in [0.25, 0.3) is 10.2 Å². The molecule has 0 bridgehead atoms. The van der Waals surface area contributed by atoms with E-state index in [1.165, 1.54) is 17.7 Å². The SMILES string of the molecule is COc1ccc(C(OC[C@]2(CO[Si](C)(C)C(C)(C)C)O[C@@H](c3csc4c(NC(=O)O)ncnc34)[C@@H]3OC(C)(C)O[C@@H]32)(c2ccccc2)c2ccc(OC)cc2)cc1. The second-order valence-electron chi connectivity index (χ2n) is 16.5. The number of nitrogens with zero attached hydrogens (tertiary/aromatic N) is 2. The Morgan fingerprint density at radius 2 is 1.46 bits per heavy atom. The lowest BCUT2D eigenvalue weighted by molar-refractivity contribution is -0.232. The maximum Gasteiger partial charge on any atom is 0.410 e. The molecule has 14 heteroatoms. The van der Waals surface area contributed by atoms with Crippen LogP contribution in [-0.2, 0) is 29.0 Å². The van der Waals surface area contributed by atoms with Crippen LogP contribution in [-0.4, -0.2) is 80.5 Å². The van der Waals surface area contributed by atoms with Crippen molar-refractivity contribution in [1.29, 1.82) is 0 Å². The molecule has 57 heavy (non-hydrogen) atoms. The highest BCUT2D eigenvalue weighted by Gasteiger charge is 2.65. The summed E-state index contributed by atoms with van der Waals surface area (Å²) < 4.78 is 47.3. The first-order valence-corrected chi connectivity index (χ1v) is 22.7. The molecule has 0 spiro atoms. The van der Waals surface area contributed by atoms with Crippen LogP contribution in [0.1, 0.15) is 63.0 Å². The Kier molecular flexibility index (Phi) is 11.0. The molecule has 0 radical (unpaired) electrons. The van der Waals surface area contributed by atoms with E-state index in [9.17, 15) is 9.90 Å². The molecule has 1 amide bonds. The van der Waals surface area contributed by atoms with E-state index in [0.29, 0.717) is 21.7 Å². The van der Waals surface area contributed by atoms with Crippen LogP contribution in [0.15, 0.2) is 90.6 Å². The summed E-state index contributed by atoms with van der Waals surface area (Å²) in [7, 11) is 0.908. The fourth-order valence-electron chi connectivity index (χ4n) is 7.40. The Morgan fingerprint density at radius 1 is 0.860 bits per heavy atom. The van der Waals surface area contributed by atoms with Crippen molar-refractivity contribution in [2.45, 2.75) is 88.1 Å². The molecule has 2 aromatic heterocycles. The molecule has 2 saturated heterocycles. The number of amides is 1. The zero-order valence-corrected chi connectivity index (χ0v) is 35.6. The quantitative estimate of drug-likeness (QED) is 0.0869. The Morgan fingerprint density at radius 3 is 2.02 bits per heavy atom. The number of fused-ring (bicyclic) bond motifs is 2. The number of rotatable bonds is 13. The van der Waals surface area contributed by atoms with Crippen molar-refractivity contribution in [2.24, 2.45) is 0 Å². The Bertz CT molecular complexity index is 2140. The van der Waals surface area contributed by atoms with Gasteiger partial charge >= 0.3 is 6.09 Å². The van der Waals surface area contributed by atoms with Crippen molar-refractivity contribution in [3.63, 3.8) is 0 Å². The standard InChI is InChI=1S/C43H51N3O9SSi/c1-40(2,3)57(8,9)52-25-42(37-35(53-41(4,5)55-37)34(54-42)32-23-56-36-33(32)44-26-45-38(36)46-39(47)48)24-51-43(27-13-11-10-12-14-27,28-15-19-30(49-6)20-16-28)29-17-21-31(50-7)22-18-29/h10-23,26,34-35,37H,24-25H2,1-9H3,(H,47,48)(H,44,45,46)/t34-,35-,37-,42+/m0/s1. The third kappa shape index (κ3) is 7.67. The molecule has 7 rings (SSSR count). The zero-order chi connectivity index (χ0) is 40.8. The van der Waals surface area contributed by atoms with Crippen LogP contribution in [0.4, 0.5) is 10.6 Å². The van der Waals surface area contributed by atoms with E-state index >= 15 is 0 Å². The van der Waals surface area contributed by atoms with Gasteiger partial charge in [-0.3, -0.25) is 5.32 Å². The predicted molar refractivity (Wildman–Crippen MR) is 221 cm³/mol. The van der Waals surface area contributed by atoms with Crippen molar-refractivity contribution < 1.29 is 42.7 Å². The molecule has 0 aliphatic carbocycles. The molecule has 12 nitrogen and oxygen atoms in total. The molecule has 0 unspecified atom stereocenters. The minimum atomic E-state index is -2.38. The fraction of sp³-hybridized carbons (Fsp3) is 0.419. The maximum atomic E-state index is 11.7. The molecule has 0 saturated carbocycles. The third-order valence-electron chi connectivity index (χ3n) is 11.4. The number of nitrogens with one attached hydrogen (secondary N) is 1. The molecular formula is C43H51N3O9SSi. The summed E-state index contributed by atoms with van der Waals surface area (Å²) in [6, 6.07) is 25.9. The summed E-state index contributed by atoms with van der Waals surface area (Å²) >= 11 is 1.34. The predicted octanol–water partition coefficient (Wildman–Crippen LogP) is 9.16. The van der Waals surface area contributed by atoms with E-state index in [1.807, 2.05) is 86.0 Å². The number of carbonyl (C=O) groups is 1. The largest absolute Gasteiger partial charge is 0.497 e. The van der Waals surface area contributed by atoms with E-state index in [4.69, 9.17) is 32.8 Å². The number of aromatic nitrogens is 2. The van der Waals surface area contributed by atoms with E-state index in [0.717, 1.165) is 22.3 Å². The molecule has 4 atom stereocenters. The summed E-state index contributed by atoms with van der Waals surface area (Å²) in [5.74, 6) is 0.655. The lowest BCUT2D eigenvalue weighted by Crippen LogP contribution is -2.55. The number of methoxy groups -OCH3 is 2. The summed E-state index contributed by atoms with van der Waals surface area (Å²) in [6.07, 6.45) is -1.79. The van der Waals surface area contributed by atoms with Gasteiger partial charge in [-0.25, -0.2) is 14.8 Å². The Balaban J connectivity index is 1.40.